The molecule has 12 nitrogen and oxygen atoms in total. The Balaban J connectivity index is -0.000000241. The molecule has 0 aliphatic heterocycles. The van der Waals surface area contributed by atoms with Crippen LogP contribution in [0.3, 0.4) is 0 Å². The summed E-state index contributed by atoms with van der Waals surface area (Å²) in [6, 6.07) is 0. The predicted molar refractivity (Wildman–Crippen MR) is 134 cm³/mol. The Morgan fingerprint density at radius 1 is 0.838 bits per heavy atom. The minimum absolute atomic E-state index is 0. The van der Waals surface area contributed by atoms with Crippen molar-refractivity contribution in [3.8, 4) is 0 Å². The minimum Gasteiger partial charge on any atom is -0.481 e. The van der Waals surface area contributed by atoms with Crippen LogP contribution in [0.4, 0.5) is 0 Å². The number of hydrogen-bond acceptors (Lipinski definition) is 10. The molecule has 12 heteroatoms. The average Bonchev–Trinajstić information content (AvgIpc) is 2.85. The topological polar surface area (TPSA) is 180 Å². The van der Waals surface area contributed by atoms with E-state index in [2.05, 4.69) is 27.4 Å². The van der Waals surface area contributed by atoms with E-state index in [-0.39, 0.29) is 31.3 Å². The highest BCUT2D eigenvalue weighted by Gasteiger charge is 2.28. The largest absolute Gasteiger partial charge is 0.481 e. The summed E-state index contributed by atoms with van der Waals surface area (Å²) in [4.78, 5) is 64.7. The van der Waals surface area contributed by atoms with Crippen molar-refractivity contribution in [1.82, 2.24) is 0 Å². The quantitative estimate of drug-likeness (QED) is 0.212. The summed E-state index contributed by atoms with van der Waals surface area (Å²) in [5, 5.41) is 16.5. The second-order valence-corrected chi connectivity index (χ2v) is 7.50. The Morgan fingerprint density at radius 3 is 1.57 bits per heavy atom. The van der Waals surface area contributed by atoms with Crippen molar-refractivity contribution in [1.29, 1.82) is 0 Å². The van der Waals surface area contributed by atoms with E-state index in [1.807, 2.05) is 6.92 Å². The molecular weight excluding hydrogens is 492 g/mol. The molecule has 0 fully saturated rings. The van der Waals surface area contributed by atoms with Crippen LogP contribution in [0.25, 0.3) is 0 Å². The predicted octanol–water partition coefficient (Wildman–Crippen LogP) is 3.04. The van der Waals surface area contributed by atoms with Gasteiger partial charge in [0.2, 0.25) is 0 Å². The number of esters is 4. The van der Waals surface area contributed by atoms with Gasteiger partial charge < -0.3 is 29.2 Å². The van der Waals surface area contributed by atoms with Crippen LogP contribution in [0, 0.1) is 17.8 Å². The van der Waals surface area contributed by atoms with Crippen molar-refractivity contribution < 1.29 is 57.9 Å². The number of ether oxygens (including phenoxy) is 4. The van der Waals surface area contributed by atoms with E-state index < -0.39 is 47.8 Å². The second-order valence-electron chi connectivity index (χ2n) is 7.50. The third-order valence-corrected chi connectivity index (χ3v) is 4.51. The van der Waals surface area contributed by atoms with E-state index in [9.17, 15) is 28.8 Å². The number of carbonyl (C=O) groups excluding carboxylic acids is 4. The number of carboxylic acids is 2. The molecule has 0 radical (unpaired) electrons. The Labute approximate surface area is 218 Å². The molecule has 0 spiro atoms. The maximum absolute atomic E-state index is 11.3. The van der Waals surface area contributed by atoms with Crippen molar-refractivity contribution in [2.45, 2.75) is 60.5 Å². The molecule has 0 bridgehead atoms. The van der Waals surface area contributed by atoms with Crippen LogP contribution in [0.5, 0.6) is 0 Å². The summed E-state index contributed by atoms with van der Waals surface area (Å²) in [7, 11) is 3.72. The monoisotopic (exact) mass is 534 g/mol. The summed E-state index contributed by atoms with van der Waals surface area (Å²) in [5.74, 6) is -5.48. The van der Waals surface area contributed by atoms with Gasteiger partial charge in [0.05, 0.1) is 39.1 Å². The fourth-order valence-corrected chi connectivity index (χ4v) is 2.25. The summed E-state index contributed by atoms with van der Waals surface area (Å²) < 4.78 is 18.3. The molecule has 0 aromatic carbocycles. The zero-order valence-corrected chi connectivity index (χ0v) is 21.9. The molecule has 0 aromatic heterocycles. The number of carbonyl (C=O) groups is 6. The first-order valence-electron chi connectivity index (χ1n) is 10.8. The normalized spacial score (nSPS) is 12.4. The van der Waals surface area contributed by atoms with E-state index in [4.69, 9.17) is 14.9 Å². The zero-order chi connectivity index (χ0) is 29.0. The molecule has 0 aliphatic rings. The van der Waals surface area contributed by atoms with Crippen LogP contribution in [-0.2, 0) is 47.7 Å². The molecule has 0 saturated heterocycles. The fourth-order valence-electron chi connectivity index (χ4n) is 2.25. The van der Waals surface area contributed by atoms with E-state index in [0.29, 0.717) is 12.8 Å². The van der Waals surface area contributed by atoms with Gasteiger partial charge in [0.1, 0.15) is 0 Å². The van der Waals surface area contributed by atoms with Crippen LogP contribution >= 0.6 is 0 Å². The molecule has 0 saturated carbocycles. The molecule has 0 amide bonds. The van der Waals surface area contributed by atoms with Crippen LogP contribution in [0.15, 0.2) is 24.8 Å². The van der Waals surface area contributed by atoms with Gasteiger partial charge in [-0.3, -0.25) is 14.4 Å². The average molecular weight is 535 g/mol. The van der Waals surface area contributed by atoms with Gasteiger partial charge in [0.25, 0.3) is 0 Å². The summed E-state index contributed by atoms with van der Waals surface area (Å²) in [6.45, 7) is 12.8. The molecule has 2 N–H and O–H groups in total. The first-order chi connectivity index (χ1) is 16.6. The number of aliphatic carboxylic acids is 2. The molecule has 4 unspecified atom stereocenters. The lowest BCUT2D eigenvalue weighted by molar-refractivity contribution is -0.165. The van der Waals surface area contributed by atoms with E-state index in [1.165, 1.54) is 28.3 Å². The maximum Gasteiger partial charge on any atom is 0.347 e. The van der Waals surface area contributed by atoms with Crippen LogP contribution < -0.4 is 0 Å². The highest BCUT2D eigenvalue weighted by molar-refractivity contribution is 5.85. The van der Waals surface area contributed by atoms with Gasteiger partial charge >= 0.3 is 35.8 Å². The standard InChI is InChI=1S/C11H16O6.C9H16O4.C4H6O2.CH4/c1-5-9(12)17-8(11(14)16-4)6-7(2)10(13)15-3;1-4-7(9(12)13-3)5-6(2)8(10)11;1-3(2)4(5)6;/h5,7-8H,1,6H2,2-4H3;6-7H,4-5H2,1-3H3,(H,10,11);1H2,2H3,(H,5,6);1H4. The van der Waals surface area contributed by atoms with Crippen molar-refractivity contribution >= 4 is 35.8 Å². The SMILES string of the molecule is C.C=C(C)C(=O)O.C=CC(=O)OC(CC(C)C(=O)OC)C(=O)OC.CCC(CC(C)C(=O)O)C(=O)OC. The van der Waals surface area contributed by atoms with Crippen molar-refractivity contribution in [2.75, 3.05) is 21.3 Å². The van der Waals surface area contributed by atoms with E-state index in [0.717, 1.165) is 6.08 Å². The van der Waals surface area contributed by atoms with E-state index >= 15 is 0 Å². The Hall–Kier alpha value is -3.70. The maximum atomic E-state index is 11.3. The third-order valence-electron chi connectivity index (χ3n) is 4.51. The minimum atomic E-state index is -1.14. The lowest BCUT2D eigenvalue weighted by atomic mass is 9.94. The molecule has 37 heavy (non-hydrogen) atoms. The van der Waals surface area contributed by atoms with Crippen molar-refractivity contribution in [2.24, 2.45) is 17.8 Å². The molecule has 0 rings (SSSR count). The molecule has 0 aliphatic carbocycles. The summed E-state index contributed by atoms with van der Waals surface area (Å²) in [6.07, 6.45) is 0.750. The van der Waals surface area contributed by atoms with Gasteiger partial charge in [-0.25, -0.2) is 14.4 Å². The smallest absolute Gasteiger partial charge is 0.347 e. The van der Waals surface area contributed by atoms with Gasteiger partial charge in [-0.1, -0.05) is 41.4 Å². The highest BCUT2D eigenvalue weighted by atomic mass is 16.6. The van der Waals surface area contributed by atoms with Crippen LogP contribution in [0.2, 0.25) is 0 Å². The van der Waals surface area contributed by atoms with Gasteiger partial charge in [-0.2, -0.15) is 0 Å². The first-order valence-corrected chi connectivity index (χ1v) is 10.8. The number of hydrogen-bond donors (Lipinski definition) is 2. The lowest BCUT2D eigenvalue weighted by Gasteiger charge is -2.17. The van der Waals surface area contributed by atoms with Gasteiger partial charge in [0, 0.05) is 18.1 Å². The lowest BCUT2D eigenvalue weighted by Crippen LogP contribution is -2.31. The Kier molecular flexibility index (Phi) is 24.9. The second kappa shape index (κ2) is 22.7. The van der Waals surface area contributed by atoms with Crippen molar-refractivity contribution in [3.05, 3.63) is 24.8 Å². The van der Waals surface area contributed by atoms with Crippen LogP contribution in [-0.4, -0.2) is 73.5 Å². The number of rotatable bonds is 12. The fraction of sp³-hybridized carbons (Fsp3) is 0.600. The Bertz CT molecular complexity index is 760. The molecule has 4 atom stereocenters. The van der Waals surface area contributed by atoms with E-state index in [1.54, 1.807) is 13.8 Å². The third kappa shape index (κ3) is 20.2. The molecule has 0 heterocycles. The van der Waals surface area contributed by atoms with Gasteiger partial charge in [0.15, 0.2) is 6.10 Å². The van der Waals surface area contributed by atoms with Gasteiger partial charge in [-0.05, 0) is 19.8 Å². The number of methoxy groups -OCH3 is 3. The van der Waals surface area contributed by atoms with Gasteiger partial charge in [-0.15, -0.1) is 0 Å². The van der Waals surface area contributed by atoms with Crippen molar-refractivity contribution in [3.63, 3.8) is 0 Å². The highest BCUT2D eigenvalue weighted by Crippen LogP contribution is 2.17. The Morgan fingerprint density at radius 2 is 1.27 bits per heavy atom. The molecule has 214 valence electrons. The van der Waals surface area contributed by atoms with Crippen LogP contribution in [0.1, 0.15) is 54.4 Å². The summed E-state index contributed by atoms with van der Waals surface area (Å²) >= 11 is 0. The number of carboxylic acid groups (broad SMARTS) is 2. The molecular formula is C25H42O12. The first kappa shape index (κ1) is 40.5. The zero-order valence-electron chi connectivity index (χ0n) is 21.9. The molecule has 0 aromatic rings. The summed E-state index contributed by atoms with van der Waals surface area (Å²) in [5.41, 5.74) is 0.176.